The van der Waals surface area contributed by atoms with Gasteiger partial charge < -0.3 is 5.73 Å². The van der Waals surface area contributed by atoms with Crippen LogP contribution in [0.15, 0.2) is 18.5 Å². The number of carbonyl (C=O) groups excluding carboxylic acids is 1. The Kier molecular flexibility index (Phi) is 2.07. The molecular formula is C8H5F3N4O. The zero-order chi connectivity index (χ0) is 11.9. The Labute approximate surface area is 86.7 Å². The van der Waals surface area contributed by atoms with Gasteiger partial charge in [0.2, 0.25) is 0 Å². The van der Waals surface area contributed by atoms with E-state index in [9.17, 15) is 18.0 Å². The highest BCUT2D eigenvalue weighted by molar-refractivity contribution is 5.98. The van der Waals surface area contributed by atoms with Crippen molar-refractivity contribution in [2.45, 2.75) is 6.18 Å². The molecular weight excluding hydrogens is 225 g/mol. The normalized spacial score (nSPS) is 11.9. The SMILES string of the molecule is NC(=O)c1cnn2ccc(C(F)(F)F)nc12. The summed E-state index contributed by atoms with van der Waals surface area (Å²) < 4.78 is 38.1. The number of rotatable bonds is 1. The maximum atomic E-state index is 12.3. The van der Waals surface area contributed by atoms with E-state index in [1.807, 2.05) is 0 Å². The van der Waals surface area contributed by atoms with Gasteiger partial charge in [0.05, 0.1) is 6.20 Å². The van der Waals surface area contributed by atoms with Crippen LogP contribution in [0.1, 0.15) is 16.1 Å². The van der Waals surface area contributed by atoms with Crippen LogP contribution in [-0.4, -0.2) is 20.5 Å². The summed E-state index contributed by atoms with van der Waals surface area (Å²) in [6.45, 7) is 0. The molecule has 0 atom stereocenters. The molecule has 0 saturated carbocycles. The number of halogens is 3. The topological polar surface area (TPSA) is 73.3 Å². The zero-order valence-electron chi connectivity index (χ0n) is 7.69. The average Bonchev–Trinajstić information content (AvgIpc) is 2.58. The molecule has 5 nitrogen and oxygen atoms in total. The third-order valence-corrected chi connectivity index (χ3v) is 1.93. The second-order valence-electron chi connectivity index (χ2n) is 3.00. The number of nitrogens with two attached hydrogens (primary N) is 1. The lowest BCUT2D eigenvalue weighted by Crippen LogP contribution is -2.13. The highest BCUT2D eigenvalue weighted by Gasteiger charge is 2.33. The third kappa shape index (κ3) is 1.58. The van der Waals surface area contributed by atoms with Gasteiger partial charge in [-0.25, -0.2) is 9.50 Å². The van der Waals surface area contributed by atoms with Crippen LogP contribution in [0, 0.1) is 0 Å². The van der Waals surface area contributed by atoms with Gasteiger partial charge in [0.1, 0.15) is 11.3 Å². The van der Waals surface area contributed by atoms with Crippen molar-refractivity contribution >= 4 is 11.6 Å². The molecule has 0 radical (unpaired) electrons. The number of fused-ring (bicyclic) bond motifs is 1. The lowest BCUT2D eigenvalue weighted by Gasteiger charge is -2.05. The molecule has 0 spiro atoms. The molecule has 2 N–H and O–H groups in total. The average molecular weight is 230 g/mol. The van der Waals surface area contributed by atoms with Crippen molar-refractivity contribution in [3.8, 4) is 0 Å². The fourth-order valence-electron chi connectivity index (χ4n) is 1.20. The van der Waals surface area contributed by atoms with Crippen molar-refractivity contribution in [3.63, 3.8) is 0 Å². The van der Waals surface area contributed by atoms with E-state index in [0.717, 1.165) is 23.0 Å². The van der Waals surface area contributed by atoms with Crippen LogP contribution in [-0.2, 0) is 6.18 Å². The Balaban J connectivity index is 2.68. The van der Waals surface area contributed by atoms with Crippen LogP contribution >= 0.6 is 0 Å². The Morgan fingerprint density at radius 1 is 1.44 bits per heavy atom. The molecule has 0 aliphatic carbocycles. The van der Waals surface area contributed by atoms with Crippen LogP contribution in [0.25, 0.3) is 5.65 Å². The van der Waals surface area contributed by atoms with Gasteiger partial charge in [-0.2, -0.15) is 18.3 Å². The molecule has 84 valence electrons. The molecule has 0 saturated heterocycles. The number of aromatic nitrogens is 3. The summed E-state index contributed by atoms with van der Waals surface area (Å²) in [6, 6.07) is 0.769. The van der Waals surface area contributed by atoms with Gasteiger partial charge in [0, 0.05) is 6.20 Å². The first-order valence-electron chi connectivity index (χ1n) is 4.11. The van der Waals surface area contributed by atoms with Gasteiger partial charge in [-0.3, -0.25) is 4.79 Å². The minimum absolute atomic E-state index is 0.147. The third-order valence-electron chi connectivity index (χ3n) is 1.93. The van der Waals surface area contributed by atoms with Crippen molar-refractivity contribution in [2.24, 2.45) is 5.73 Å². The minimum atomic E-state index is -4.57. The predicted molar refractivity (Wildman–Crippen MR) is 46.5 cm³/mol. The van der Waals surface area contributed by atoms with E-state index in [1.54, 1.807) is 0 Å². The summed E-state index contributed by atoms with van der Waals surface area (Å²) in [4.78, 5) is 14.2. The van der Waals surface area contributed by atoms with E-state index < -0.39 is 17.8 Å². The van der Waals surface area contributed by atoms with E-state index in [4.69, 9.17) is 5.73 Å². The van der Waals surface area contributed by atoms with Crippen LogP contribution in [0.4, 0.5) is 13.2 Å². The van der Waals surface area contributed by atoms with Crippen LogP contribution in [0.2, 0.25) is 0 Å². The molecule has 2 rings (SSSR count). The van der Waals surface area contributed by atoms with Crippen LogP contribution in [0.3, 0.4) is 0 Å². The lowest BCUT2D eigenvalue weighted by atomic mass is 10.3. The molecule has 2 aromatic heterocycles. The van der Waals surface area contributed by atoms with Crippen molar-refractivity contribution in [3.05, 3.63) is 29.7 Å². The molecule has 16 heavy (non-hydrogen) atoms. The highest BCUT2D eigenvalue weighted by atomic mass is 19.4. The number of nitrogens with zero attached hydrogens (tertiary/aromatic N) is 3. The molecule has 2 aromatic rings. The molecule has 0 bridgehead atoms. The Morgan fingerprint density at radius 2 is 2.12 bits per heavy atom. The Bertz CT molecular complexity index is 560. The van der Waals surface area contributed by atoms with Crippen molar-refractivity contribution in [1.82, 2.24) is 14.6 Å². The van der Waals surface area contributed by atoms with Gasteiger partial charge in [0.15, 0.2) is 5.65 Å². The number of hydrogen-bond acceptors (Lipinski definition) is 3. The number of amides is 1. The van der Waals surface area contributed by atoms with E-state index >= 15 is 0 Å². The van der Waals surface area contributed by atoms with E-state index in [2.05, 4.69) is 10.1 Å². The van der Waals surface area contributed by atoms with Gasteiger partial charge in [0.25, 0.3) is 5.91 Å². The second kappa shape index (κ2) is 3.19. The maximum absolute atomic E-state index is 12.3. The summed E-state index contributed by atoms with van der Waals surface area (Å²) in [5, 5.41) is 3.65. The second-order valence-corrected chi connectivity index (χ2v) is 3.00. The summed E-state index contributed by atoms with van der Waals surface area (Å²) in [6.07, 6.45) is -2.43. The van der Waals surface area contributed by atoms with Gasteiger partial charge in [-0.05, 0) is 6.07 Å². The first kappa shape index (κ1) is 10.4. The smallest absolute Gasteiger partial charge is 0.365 e. The number of carbonyl (C=O) groups is 1. The summed E-state index contributed by atoms with van der Waals surface area (Å²) in [5.74, 6) is -0.873. The maximum Gasteiger partial charge on any atom is 0.433 e. The summed E-state index contributed by atoms with van der Waals surface area (Å²) >= 11 is 0. The molecule has 1 amide bonds. The lowest BCUT2D eigenvalue weighted by molar-refractivity contribution is -0.141. The molecule has 0 aliphatic heterocycles. The predicted octanol–water partition coefficient (Wildman–Crippen LogP) is 0.847. The molecule has 0 unspecified atom stereocenters. The van der Waals surface area contributed by atoms with Gasteiger partial charge in [-0.1, -0.05) is 0 Å². The largest absolute Gasteiger partial charge is 0.433 e. The van der Waals surface area contributed by atoms with Gasteiger partial charge >= 0.3 is 6.18 Å². The standard InChI is InChI=1S/C8H5F3N4O/c9-8(10,11)5-1-2-15-7(14-5)4(3-13-15)6(12)16/h1-3H,(H2,12,16). The first-order valence-corrected chi connectivity index (χ1v) is 4.11. The minimum Gasteiger partial charge on any atom is -0.365 e. The van der Waals surface area contributed by atoms with E-state index in [1.165, 1.54) is 0 Å². The highest BCUT2D eigenvalue weighted by Crippen LogP contribution is 2.27. The Morgan fingerprint density at radius 3 is 2.69 bits per heavy atom. The first-order chi connectivity index (χ1) is 7.39. The van der Waals surface area contributed by atoms with E-state index in [0.29, 0.717) is 0 Å². The molecule has 0 fully saturated rings. The number of primary amides is 1. The van der Waals surface area contributed by atoms with Crippen molar-refractivity contribution < 1.29 is 18.0 Å². The van der Waals surface area contributed by atoms with Crippen molar-refractivity contribution in [1.29, 1.82) is 0 Å². The van der Waals surface area contributed by atoms with E-state index in [-0.39, 0.29) is 11.2 Å². The summed E-state index contributed by atoms with van der Waals surface area (Å²) in [5.41, 5.74) is 3.52. The fourth-order valence-corrected chi connectivity index (χ4v) is 1.20. The summed E-state index contributed by atoms with van der Waals surface area (Å²) in [7, 11) is 0. The molecule has 0 aliphatic rings. The zero-order valence-corrected chi connectivity index (χ0v) is 7.69. The van der Waals surface area contributed by atoms with Crippen molar-refractivity contribution in [2.75, 3.05) is 0 Å². The van der Waals surface area contributed by atoms with Crippen LogP contribution < -0.4 is 5.73 Å². The number of hydrogen-bond donors (Lipinski definition) is 1. The fraction of sp³-hybridized carbons (Fsp3) is 0.125. The molecule has 2 heterocycles. The van der Waals surface area contributed by atoms with Gasteiger partial charge in [-0.15, -0.1) is 0 Å². The monoisotopic (exact) mass is 230 g/mol. The van der Waals surface area contributed by atoms with Crippen LogP contribution in [0.5, 0.6) is 0 Å². The molecule has 8 heteroatoms. The quantitative estimate of drug-likeness (QED) is 0.789. The molecule has 0 aromatic carbocycles. The number of alkyl halides is 3. The Hall–Kier alpha value is -2.12.